The van der Waals surface area contributed by atoms with Crippen molar-refractivity contribution in [1.29, 1.82) is 0 Å². The molecule has 0 amide bonds. The molecule has 2 heterocycles. The van der Waals surface area contributed by atoms with Crippen LogP contribution in [0.3, 0.4) is 0 Å². The first-order valence-electron chi connectivity index (χ1n) is 7.56. The smallest absolute Gasteiger partial charge is 0.333 e. The van der Waals surface area contributed by atoms with E-state index in [0.29, 0.717) is 17.9 Å². The van der Waals surface area contributed by atoms with Gasteiger partial charge in [0.25, 0.3) is 0 Å². The fraction of sp³-hybridized carbons (Fsp3) is 0.714. The molecule has 1 aromatic rings. The van der Waals surface area contributed by atoms with Crippen molar-refractivity contribution >= 4 is 16.1 Å². The number of ether oxygens (including phenoxy) is 2. The Bertz CT molecular complexity index is 721. The van der Waals surface area contributed by atoms with E-state index in [1.54, 1.807) is 6.92 Å². The van der Waals surface area contributed by atoms with Crippen LogP contribution in [0.25, 0.3) is 0 Å². The van der Waals surface area contributed by atoms with E-state index in [1.807, 2.05) is 13.8 Å². The van der Waals surface area contributed by atoms with Gasteiger partial charge in [-0.25, -0.2) is 5.14 Å². The average Bonchev–Trinajstić information content (AvgIpc) is 2.91. The van der Waals surface area contributed by atoms with Gasteiger partial charge in [-0.2, -0.15) is 14.2 Å². The molecule has 0 spiro atoms. The average molecular weight is 562 g/mol. The molecule has 26 heavy (non-hydrogen) atoms. The summed E-state index contributed by atoms with van der Waals surface area (Å²) in [5.74, 6) is -0.431. The molecule has 2 fully saturated rings. The van der Waals surface area contributed by atoms with Crippen molar-refractivity contribution < 1.29 is 61.0 Å². The second-order valence-corrected chi connectivity index (χ2v) is 7.69. The molecule has 0 aromatic carbocycles. The molecule has 0 bridgehead atoms. The van der Waals surface area contributed by atoms with Gasteiger partial charge in [-0.15, -0.1) is 6.92 Å². The largest absolute Gasteiger partial charge is 0.550 e. The SMILES string of the molecule is Cc1[c-]c(N[C@@H]2C[C@H](COS(N)(=O)=O)[C@H]3OC(C)(C)O[C@H]32)n[c-]n1.[Rh].[Rh]. The molecular formula is C14H20N4O5Rh2S-2. The molecule has 2 radical (unpaired) electrons. The third kappa shape index (κ3) is 5.96. The number of anilines is 1. The molecule has 0 unspecified atom stereocenters. The van der Waals surface area contributed by atoms with E-state index in [0.717, 1.165) is 0 Å². The Hall–Kier alpha value is -0.0832. The maximum atomic E-state index is 11.1. The summed E-state index contributed by atoms with van der Waals surface area (Å²) in [7, 11) is -4.00. The van der Waals surface area contributed by atoms with E-state index < -0.39 is 16.1 Å². The Morgan fingerprint density at radius 1 is 1.31 bits per heavy atom. The molecule has 9 nitrogen and oxygen atoms in total. The summed E-state index contributed by atoms with van der Waals surface area (Å²) in [5.41, 5.74) is 0.667. The van der Waals surface area contributed by atoms with Crippen LogP contribution in [0, 0.1) is 25.2 Å². The van der Waals surface area contributed by atoms with Gasteiger partial charge in [0.1, 0.15) is 6.10 Å². The number of aryl methyl sites for hydroxylation is 1. The Morgan fingerprint density at radius 2 is 1.96 bits per heavy atom. The van der Waals surface area contributed by atoms with Gasteiger partial charge in [-0.3, -0.25) is 9.88 Å². The van der Waals surface area contributed by atoms with Crippen LogP contribution in [-0.2, 0) is 62.9 Å². The topological polar surface area (TPSA) is 126 Å². The maximum absolute atomic E-state index is 11.1. The van der Waals surface area contributed by atoms with Gasteiger partial charge in [0.15, 0.2) is 5.79 Å². The second kappa shape index (κ2) is 8.95. The predicted molar refractivity (Wildman–Crippen MR) is 82.8 cm³/mol. The molecule has 12 heteroatoms. The number of hydrogen-bond donors (Lipinski definition) is 2. The van der Waals surface area contributed by atoms with Crippen LogP contribution in [0.4, 0.5) is 5.82 Å². The second-order valence-electron chi connectivity index (χ2n) is 6.47. The van der Waals surface area contributed by atoms with Gasteiger partial charge >= 0.3 is 10.3 Å². The van der Waals surface area contributed by atoms with Crippen LogP contribution in [0.15, 0.2) is 0 Å². The Balaban J connectivity index is 0.00000169. The van der Waals surface area contributed by atoms with Crippen molar-refractivity contribution in [3.8, 4) is 0 Å². The van der Waals surface area contributed by atoms with Crippen molar-refractivity contribution in [1.82, 2.24) is 9.97 Å². The summed E-state index contributed by atoms with van der Waals surface area (Å²) in [6.45, 7) is 5.36. The molecule has 1 saturated carbocycles. The fourth-order valence-electron chi connectivity index (χ4n) is 3.19. The zero-order valence-electron chi connectivity index (χ0n) is 14.3. The quantitative estimate of drug-likeness (QED) is 0.378. The van der Waals surface area contributed by atoms with E-state index in [9.17, 15) is 8.42 Å². The van der Waals surface area contributed by atoms with Gasteiger partial charge in [0.05, 0.1) is 12.7 Å². The molecule has 1 aliphatic heterocycles. The van der Waals surface area contributed by atoms with E-state index in [2.05, 4.69) is 27.7 Å². The van der Waals surface area contributed by atoms with E-state index in [4.69, 9.17) is 18.8 Å². The first kappa shape index (κ1) is 24.0. The van der Waals surface area contributed by atoms with Gasteiger partial charge in [0, 0.05) is 57.2 Å². The Labute approximate surface area is 178 Å². The summed E-state index contributed by atoms with van der Waals surface area (Å²) in [5, 5.41) is 8.15. The van der Waals surface area contributed by atoms with Crippen molar-refractivity contribution in [2.45, 2.75) is 51.2 Å². The summed E-state index contributed by atoms with van der Waals surface area (Å²) >= 11 is 0. The minimum atomic E-state index is -4.00. The molecule has 3 N–H and O–H groups in total. The molecule has 1 aliphatic carbocycles. The monoisotopic (exact) mass is 562 g/mol. The summed E-state index contributed by atoms with van der Waals surface area (Å²) in [6.07, 6.45) is 2.56. The van der Waals surface area contributed by atoms with Crippen LogP contribution in [-0.4, -0.2) is 49.0 Å². The Kier molecular flexibility index (Phi) is 8.24. The predicted octanol–water partition coefficient (Wildman–Crippen LogP) is -0.0790. The standard InChI is InChI=1S/C14H20N4O5S.2Rh/c1-8-4-11(17-7-16-8)18-10-5-9(6-21-24(15,19)20)12-13(10)23-14(2,3)22-12;;/h9-10,12-13H,5-6H2,1-3H3,(H2,15,19,20)(H,16,17,18);;/q-2;;/t9-,10-,12-,13+;;/m1../s1. The van der Waals surface area contributed by atoms with E-state index in [-0.39, 0.29) is 69.7 Å². The van der Waals surface area contributed by atoms with Crippen molar-refractivity contribution in [2.75, 3.05) is 11.9 Å². The molecule has 2 aliphatic rings. The number of hydrogen-bond acceptors (Lipinski definition) is 8. The number of rotatable bonds is 5. The zero-order chi connectivity index (χ0) is 17.5. The van der Waals surface area contributed by atoms with Gasteiger partial charge < -0.3 is 30.8 Å². The van der Waals surface area contributed by atoms with Crippen molar-refractivity contribution in [3.63, 3.8) is 0 Å². The molecule has 1 aromatic heterocycles. The number of nitrogens with two attached hydrogens (primary N) is 1. The normalized spacial score (nSPS) is 29.4. The molecule has 152 valence electrons. The van der Waals surface area contributed by atoms with Gasteiger partial charge in [-0.05, 0) is 20.3 Å². The van der Waals surface area contributed by atoms with Crippen LogP contribution in [0.5, 0.6) is 0 Å². The third-order valence-electron chi connectivity index (χ3n) is 4.03. The van der Waals surface area contributed by atoms with Crippen LogP contribution in [0.2, 0.25) is 0 Å². The minimum absolute atomic E-state index is 0. The van der Waals surface area contributed by atoms with Crippen LogP contribution < -0.4 is 10.5 Å². The number of nitrogens with one attached hydrogen (secondary N) is 1. The first-order valence-corrected chi connectivity index (χ1v) is 9.03. The van der Waals surface area contributed by atoms with Gasteiger partial charge in [0.2, 0.25) is 0 Å². The minimum Gasteiger partial charge on any atom is -0.550 e. The van der Waals surface area contributed by atoms with Gasteiger partial charge in [-0.1, -0.05) is 0 Å². The number of aromatic nitrogens is 2. The van der Waals surface area contributed by atoms with Crippen molar-refractivity contribution in [3.05, 3.63) is 18.1 Å². The zero-order valence-corrected chi connectivity index (χ0v) is 18.4. The van der Waals surface area contributed by atoms with Crippen molar-refractivity contribution in [2.24, 2.45) is 11.1 Å². The summed E-state index contributed by atoms with van der Waals surface area (Å²) in [4.78, 5) is 7.90. The molecule has 1 saturated heterocycles. The molecule has 3 rings (SSSR count). The maximum Gasteiger partial charge on any atom is 0.333 e. The summed E-state index contributed by atoms with van der Waals surface area (Å²) < 4.78 is 38.7. The van der Waals surface area contributed by atoms with E-state index in [1.165, 1.54) is 0 Å². The fourth-order valence-corrected chi connectivity index (χ4v) is 3.56. The first-order chi connectivity index (χ1) is 11.1. The molecule has 4 atom stereocenters. The number of nitrogens with zero attached hydrogens (tertiary/aromatic N) is 2. The molecular weight excluding hydrogens is 542 g/mol. The van der Waals surface area contributed by atoms with Crippen LogP contribution in [0.1, 0.15) is 26.0 Å². The Morgan fingerprint density at radius 3 is 2.58 bits per heavy atom. The van der Waals surface area contributed by atoms with E-state index >= 15 is 0 Å². The van der Waals surface area contributed by atoms with Crippen LogP contribution >= 0.6 is 0 Å². The third-order valence-corrected chi connectivity index (χ3v) is 4.49. The summed E-state index contributed by atoms with van der Waals surface area (Å²) in [6, 6.07) is 2.86. The number of fused-ring (bicyclic) bond motifs is 1.